The number of hydrogen-bond acceptors (Lipinski definition) is 20. The van der Waals surface area contributed by atoms with Gasteiger partial charge in [-0.2, -0.15) is 16.9 Å². The van der Waals surface area contributed by atoms with E-state index in [0.29, 0.717) is 12.3 Å². The number of thiol groups is 1. The van der Waals surface area contributed by atoms with Gasteiger partial charge in [0.2, 0.25) is 17.5 Å². The highest BCUT2D eigenvalue weighted by molar-refractivity contribution is 7.80. The van der Waals surface area contributed by atoms with E-state index in [1.807, 2.05) is 0 Å². The summed E-state index contributed by atoms with van der Waals surface area (Å²) in [6, 6.07) is 0. The second kappa shape index (κ2) is 18.8. The number of aliphatic imine (C=N–C) groups is 3. The van der Waals surface area contributed by atoms with Crippen LogP contribution in [0.15, 0.2) is 27.6 Å². The summed E-state index contributed by atoms with van der Waals surface area (Å²) in [5.74, 6) is -2.97. The minimum Gasteiger partial charge on any atom is -0.386 e. The highest BCUT2D eigenvalue weighted by Gasteiger charge is 2.61. The fourth-order valence-electron chi connectivity index (χ4n) is 5.22. The van der Waals surface area contributed by atoms with E-state index in [-0.39, 0.29) is 24.5 Å². The molecule has 0 aromatic carbocycles. The third-order valence-corrected chi connectivity index (χ3v) is 11.2. The molecule has 3 heterocycles. The monoisotopic (exact) mass is 865 g/mol. The highest BCUT2D eigenvalue weighted by atomic mass is 32.1. The molecule has 8 atom stereocenters. The van der Waals surface area contributed by atoms with E-state index in [0.717, 1.165) is 17.3 Å². The van der Waals surface area contributed by atoms with Crippen LogP contribution < -0.4 is 16.4 Å². The second-order valence-corrected chi connectivity index (χ2v) is 17.2. The largest absolute Gasteiger partial charge is 0.481 e. The topological polar surface area (TPSA) is 377 Å². The molecule has 0 aromatic heterocycles. The summed E-state index contributed by atoms with van der Waals surface area (Å²) in [7, 11) is -16.7. The van der Waals surface area contributed by atoms with Gasteiger partial charge in [-0.25, -0.2) is 28.6 Å². The number of Topliss-reactive ketones (excluding diaryl/α,β-unsaturated/α-hetero) is 1. The van der Waals surface area contributed by atoms with Gasteiger partial charge in [0, 0.05) is 30.7 Å². The van der Waals surface area contributed by atoms with Crippen molar-refractivity contribution in [2.75, 3.05) is 38.7 Å². The molecule has 3 unspecified atom stereocenters. The summed E-state index contributed by atoms with van der Waals surface area (Å²) in [6.07, 6.45) is -9.01. The van der Waals surface area contributed by atoms with Crippen LogP contribution in [0.1, 0.15) is 26.7 Å². The van der Waals surface area contributed by atoms with Crippen molar-refractivity contribution in [1.82, 2.24) is 15.5 Å². The van der Waals surface area contributed by atoms with Crippen molar-refractivity contribution in [2.45, 2.75) is 63.0 Å². The average molecular weight is 866 g/mol. The number of nitrogens with one attached hydrogen (secondary N) is 2. The minimum atomic E-state index is -5.67. The molecule has 3 rings (SSSR count). The number of allylic oxidation sites excluding steroid dienone is 1. The lowest BCUT2D eigenvalue weighted by molar-refractivity contribution is -0.145. The molecule has 0 aromatic rings. The van der Waals surface area contributed by atoms with E-state index in [9.17, 15) is 62.7 Å². The summed E-state index contributed by atoms with van der Waals surface area (Å²) in [6.45, 7) is 3.20. The number of aliphatic hydroxyl groups excluding tert-OH is 2. The third-order valence-electron chi connectivity index (χ3n) is 7.92. The Bertz CT molecular complexity index is 1740. The number of ketones is 2. The predicted octanol–water partition coefficient (Wildman–Crippen LogP) is -2.74. The number of ether oxygens (including phenoxy) is 1. The first-order chi connectivity index (χ1) is 25.4. The van der Waals surface area contributed by atoms with Crippen LogP contribution in [0, 0.1) is 5.41 Å². The van der Waals surface area contributed by atoms with Gasteiger partial charge in [-0.15, -0.1) is 0 Å². The van der Waals surface area contributed by atoms with E-state index in [1.54, 1.807) is 0 Å². The van der Waals surface area contributed by atoms with Crippen LogP contribution in [0.25, 0.3) is 0 Å². The van der Waals surface area contributed by atoms with Gasteiger partial charge in [-0.3, -0.25) is 37.7 Å². The Balaban J connectivity index is 1.70. The number of amidine groups is 1. The number of phosphoric acid groups is 3. The molecule has 0 saturated carbocycles. The Hall–Kier alpha value is -2.61. The van der Waals surface area contributed by atoms with E-state index in [4.69, 9.17) is 19.5 Å². The maximum absolute atomic E-state index is 13.5. The first kappa shape index (κ1) is 46.8. The van der Waals surface area contributed by atoms with E-state index >= 15 is 0 Å². The zero-order valence-corrected chi connectivity index (χ0v) is 32.7. The molecule has 0 aliphatic carbocycles. The maximum Gasteiger partial charge on any atom is 0.481 e. The molecule has 25 nitrogen and oxygen atoms in total. The van der Waals surface area contributed by atoms with Crippen LogP contribution in [0.4, 0.5) is 0 Å². The van der Waals surface area contributed by atoms with Gasteiger partial charge in [0.1, 0.15) is 42.7 Å². The first-order valence-electron chi connectivity index (χ1n) is 15.8. The molecule has 3 aliphatic rings. The molecule has 0 spiro atoms. The molecular weight excluding hydrogens is 823 g/mol. The molecule has 310 valence electrons. The summed E-state index contributed by atoms with van der Waals surface area (Å²) in [5, 5.41) is 26.5. The van der Waals surface area contributed by atoms with Gasteiger partial charge >= 0.3 is 23.5 Å². The van der Waals surface area contributed by atoms with E-state index in [2.05, 4.69) is 53.7 Å². The molecule has 3 aliphatic heterocycles. The Morgan fingerprint density at radius 1 is 1.16 bits per heavy atom. The van der Waals surface area contributed by atoms with Gasteiger partial charge < -0.3 is 50.9 Å². The van der Waals surface area contributed by atoms with Crippen molar-refractivity contribution in [3.8, 4) is 0 Å². The first-order valence-corrected chi connectivity index (χ1v) is 21.0. The van der Waals surface area contributed by atoms with E-state index in [1.165, 1.54) is 13.8 Å². The molecule has 55 heavy (non-hydrogen) atoms. The van der Waals surface area contributed by atoms with Crippen LogP contribution in [-0.4, -0.2) is 151 Å². The Labute approximate surface area is 318 Å². The van der Waals surface area contributed by atoms with Crippen LogP contribution in [-0.2, 0) is 55.5 Å². The van der Waals surface area contributed by atoms with Gasteiger partial charge in [0.05, 0.1) is 26.3 Å². The van der Waals surface area contributed by atoms with Crippen molar-refractivity contribution in [1.29, 1.82) is 0 Å². The summed E-state index contributed by atoms with van der Waals surface area (Å²) < 4.78 is 61.4. The van der Waals surface area contributed by atoms with Gasteiger partial charge in [-0.05, 0) is 6.08 Å². The third kappa shape index (κ3) is 12.2. The average Bonchev–Trinajstić information content (AvgIpc) is 3.62. The lowest BCUT2D eigenvalue weighted by Gasteiger charge is -2.39. The van der Waals surface area contributed by atoms with Crippen molar-refractivity contribution in [2.24, 2.45) is 26.1 Å². The molecule has 0 bridgehead atoms. The summed E-state index contributed by atoms with van der Waals surface area (Å²) in [4.78, 5) is 102. The van der Waals surface area contributed by atoms with Crippen molar-refractivity contribution < 1.29 is 85.3 Å². The van der Waals surface area contributed by atoms with Crippen LogP contribution in [0.2, 0.25) is 0 Å². The zero-order chi connectivity index (χ0) is 41.6. The number of hydrogen-bond donors (Lipinski definition) is 10. The number of nitrogens with two attached hydrogens (primary N) is 1. The molecule has 0 radical (unpaired) electrons. The fourth-order valence-corrected chi connectivity index (χ4v) is 8.16. The maximum atomic E-state index is 13.5. The summed E-state index contributed by atoms with van der Waals surface area (Å²) in [5.41, 5.74) is 1.78. The smallest absolute Gasteiger partial charge is 0.386 e. The number of aliphatic hydroxyl groups is 2. The Morgan fingerprint density at radius 3 is 2.44 bits per heavy atom. The fraction of sp³-hybridized carbons (Fsp3) is 0.654. The number of nitrogens with zero attached hydrogens (tertiary/aromatic N) is 4. The van der Waals surface area contributed by atoms with Crippen LogP contribution in [0.3, 0.4) is 0 Å². The van der Waals surface area contributed by atoms with Crippen LogP contribution in [0.5, 0.6) is 0 Å². The quantitative estimate of drug-likeness (QED) is 0.0228. The SMILES string of the molecule is C=CC(=O)CC(=O)C12N=CN=C(N)C1=NCN2[C@@H]1O[C@H](COP(=O)(O)OP(=O)(O)OCC(C)(C)[C@@H](O)C(=O)NCCC(=O)NCCS)[C@@H](OP(=O)(O)O)[C@H]1O. The normalized spacial score (nSPS) is 26.9. The molecule has 10 N–H and O–H groups in total. The van der Waals surface area contributed by atoms with Gasteiger partial charge in [0.25, 0.3) is 0 Å². The Kier molecular flexibility index (Phi) is 16.0. The van der Waals surface area contributed by atoms with Gasteiger partial charge in [-0.1, -0.05) is 20.4 Å². The number of phosphoric ester groups is 3. The molecule has 2 amide bonds. The summed E-state index contributed by atoms with van der Waals surface area (Å²) >= 11 is 3.95. The highest BCUT2D eigenvalue weighted by Crippen LogP contribution is 2.61. The number of rotatable bonds is 22. The predicted molar refractivity (Wildman–Crippen MR) is 190 cm³/mol. The molecule has 29 heteroatoms. The van der Waals surface area contributed by atoms with Crippen molar-refractivity contribution in [3.63, 3.8) is 0 Å². The Morgan fingerprint density at radius 2 is 1.82 bits per heavy atom. The van der Waals surface area contributed by atoms with Crippen molar-refractivity contribution in [3.05, 3.63) is 12.7 Å². The van der Waals surface area contributed by atoms with Crippen LogP contribution >= 0.6 is 36.1 Å². The minimum absolute atomic E-state index is 0.127. The number of carbonyl (C=O) groups excluding carboxylic acids is 4. The lowest BCUT2D eigenvalue weighted by atomic mass is 9.87. The molecule has 1 fully saturated rings. The molecular formula is C26H42N7O18P3S. The molecule has 1 saturated heterocycles. The lowest BCUT2D eigenvalue weighted by Crippen LogP contribution is -2.64. The number of fused-ring (bicyclic) bond motifs is 1. The number of amides is 2. The second-order valence-electron chi connectivity index (χ2n) is 12.5. The zero-order valence-electron chi connectivity index (χ0n) is 29.1. The van der Waals surface area contributed by atoms with E-state index < -0.39 is 115 Å². The van der Waals surface area contributed by atoms with Crippen molar-refractivity contribution >= 4 is 77.4 Å². The van der Waals surface area contributed by atoms with Gasteiger partial charge in [0.15, 0.2) is 17.4 Å². The standard InChI is InChI=1S/C26H42N7O18P3S/c1-4-14(34)9-16(35)26-20(22(27)30-12-32-26)31-13-33(26)24-18(37)19(50-52(40,41)42)15(49-24)10-47-53(43,44)51-54(45,46)48-11-25(2,3)21(38)23(39)29-6-5-17(36)28-7-8-55/h4,12,15,18-19,21,24,37-38,55H,1,5-11,13H2,2-3H3,(H,28,36)(H,29,39)(H,43,44)(H,45,46)(H2,27,30,32)(H2,40,41,42)/t15-,18-,19-,21+,24-,26?/m1/s1. The number of carbonyl (C=O) groups is 4.